The fourth-order valence-corrected chi connectivity index (χ4v) is 6.05. The normalized spacial score (nSPS) is 19.8. The molecule has 0 spiro atoms. The van der Waals surface area contributed by atoms with Crippen molar-refractivity contribution in [3.05, 3.63) is 51.1 Å². The number of benzene rings is 1. The third-order valence-corrected chi connectivity index (χ3v) is 7.74. The predicted octanol–water partition coefficient (Wildman–Crippen LogP) is 4.60. The third-order valence-electron chi connectivity index (χ3n) is 7.74. The highest BCUT2D eigenvalue weighted by Crippen LogP contribution is 2.34. The Hall–Kier alpha value is -2.58. The summed E-state index contributed by atoms with van der Waals surface area (Å²) in [4.78, 5) is 18.9. The summed E-state index contributed by atoms with van der Waals surface area (Å²) in [6.45, 7) is 8.48. The van der Waals surface area contributed by atoms with Gasteiger partial charge >= 0.3 is 0 Å². The first-order valence-electron chi connectivity index (χ1n) is 13.3. The molecule has 1 N–H and O–H groups in total. The third kappa shape index (κ3) is 5.19. The quantitative estimate of drug-likeness (QED) is 0.484. The van der Waals surface area contributed by atoms with Crippen LogP contribution in [0.25, 0.3) is 10.9 Å². The van der Waals surface area contributed by atoms with Crippen LogP contribution in [-0.2, 0) is 17.8 Å². The van der Waals surface area contributed by atoms with Crippen LogP contribution in [0.1, 0.15) is 86.8 Å². The number of aryl methyl sites for hydroxylation is 2. The van der Waals surface area contributed by atoms with E-state index in [2.05, 4.69) is 64.4 Å². The molecule has 2 aliphatic rings. The lowest BCUT2D eigenvalue weighted by atomic mass is 10.0. The fourth-order valence-electron chi connectivity index (χ4n) is 6.05. The monoisotopic (exact) mass is 478 g/mol. The topological polar surface area (TPSA) is 88.9 Å². The second-order valence-electron chi connectivity index (χ2n) is 10.4. The molecule has 1 aliphatic heterocycles. The van der Waals surface area contributed by atoms with Crippen LogP contribution in [0.2, 0.25) is 0 Å². The molecule has 2 unspecified atom stereocenters. The zero-order chi connectivity index (χ0) is 24.4. The summed E-state index contributed by atoms with van der Waals surface area (Å²) >= 11 is 0. The molecule has 0 amide bonds. The number of hydrogen-bond acceptors (Lipinski definition) is 6. The molecule has 2 fully saturated rings. The molecule has 5 rings (SSSR count). The van der Waals surface area contributed by atoms with Crippen molar-refractivity contribution >= 4 is 10.9 Å². The molecule has 1 aromatic carbocycles. The van der Waals surface area contributed by atoms with Crippen LogP contribution in [-0.4, -0.2) is 48.8 Å². The average Bonchev–Trinajstić information content (AvgIpc) is 3.61. The highest BCUT2D eigenvalue weighted by Gasteiger charge is 2.33. The van der Waals surface area contributed by atoms with Gasteiger partial charge in [-0.05, 0) is 79.5 Å². The largest absolute Gasteiger partial charge is 0.376 e. The molecule has 1 saturated heterocycles. The summed E-state index contributed by atoms with van der Waals surface area (Å²) in [6.07, 6.45) is 9.05. The maximum absolute atomic E-state index is 13.2. The van der Waals surface area contributed by atoms with Crippen LogP contribution in [0.5, 0.6) is 0 Å². The summed E-state index contributed by atoms with van der Waals surface area (Å²) in [5, 5.41) is 14.1. The molecule has 2 aromatic heterocycles. The Morgan fingerprint density at radius 3 is 2.74 bits per heavy atom. The zero-order valence-electron chi connectivity index (χ0n) is 21.3. The van der Waals surface area contributed by atoms with E-state index in [-0.39, 0.29) is 17.7 Å². The minimum absolute atomic E-state index is 0.00152. The van der Waals surface area contributed by atoms with Crippen molar-refractivity contribution in [2.75, 3.05) is 6.61 Å². The second-order valence-corrected chi connectivity index (χ2v) is 10.4. The van der Waals surface area contributed by atoms with Gasteiger partial charge in [0.2, 0.25) is 0 Å². The second kappa shape index (κ2) is 10.6. The molecule has 1 saturated carbocycles. The van der Waals surface area contributed by atoms with E-state index in [0.29, 0.717) is 19.1 Å². The van der Waals surface area contributed by atoms with Crippen LogP contribution in [0.4, 0.5) is 0 Å². The maximum Gasteiger partial charge on any atom is 0.252 e. The molecule has 3 aromatic rings. The van der Waals surface area contributed by atoms with Crippen LogP contribution < -0.4 is 5.56 Å². The lowest BCUT2D eigenvalue weighted by molar-refractivity contribution is 0.0828. The number of tetrazole rings is 1. The van der Waals surface area contributed by atoms with Gasteiger partial charge in [0.15, 0.2) is 5.82 Å². The Morgan fingerprint density at radius 2 is 2.00 bits per heavy atom. The van der Waals surface area contributed by atoms with Crippen LogP contribution in [0.3, 0.4) is 0 Å². The molecule has 35 heavy (non-hydrogen) atoms. The highest BCUT2D eigenvalue weighted by atomic mass is 16.5. The van der Waals surface area contributed by atoms with Gasteiger partial charge in [-0.25, -0.2) is 4.68 Å². The molecule has 3 heterocycles. The van der Waals surface area contributed by atoms with E-state index in [1.54, 1.807) is 0 Å². The van der Waals surface area contributed by atoms with E-state index in [4.69, 9.17) is 4.74 Å². The van der Waals surface area contributed by atoms with Gasteiger partial charge in [-0.15, -0.1) is 5.10 Å². The van der Waals surface area contributed by atoms with E-state index in [0.717, 1.165) is 73.0 Å². The lowest BCUT2D eigenvalue weighted by Gasteiger charge is -2.36. The van der Waals surface area contributed by atoms with Gasteiger partial charge in [0.25, 0.3) is 5.56 Å². The summed E-state index contributed by atoms with van der Waals surface area (Å²) in [7, 11) is 0. The van der Waals surface area contributed by atoms with Crippen molar-refractivity contribution in [3.8, 4) is 0 Å². The molecule has 2 atom stereocenters. The number of H-pyrrole nitrogens is 1. The van der Waals surface area contributed by atoms with E-state index in [9.17, 15) is 4.79 Å². The van der Waals surface area contributed by atoms with Crippen molar-refractivity contribution in [2.24, 2.45) is 0 Å². The first-order valence-corrected chi connectivity index (χ1v) is 13.3. The Labute approximate surface area is 207 Å². The predicted molar refractivity (Wildman–Crippen MR) is 136 cm³/mol. The van der Waals surface area contributed by atoms with Crippen molar-refractivity contribution < 1.29 is 4.74 Å². The Balaban J connectivity index is 1.51. The summed E-state index contributed by atoms with van der Waals surface area (Å²) in [5.74, 6) is 0.901. The molecule has 0 bridgehead atoms. The average molecular weight is 479 g/mol. The van der Waals surface area contributed by atoms with Crippen molar-refractivity contribution in [1.29, 1.82) is 0 Å². The van der Waals surface area contributed by atoms with E-state index in [1.807, 2.05) is 4.68 Å². The number of nitrogens with zero attached hydrogens (tertiary/aromatic N) is 5. The number of ether oxygens (including phenoxy) is 1. The van der Waals surface area contributed by atoms with Gasteiger partial charge in [0.05, 0.1) is 24.2 Å². The van der Waals surface area contributed by atoms with Gasteiger partial charge in [0, 0.05) is 24.8 Å². The van der Waals surface area contributed by atoms with E-state index >= 15 is 0 Å². The van der Waals surface area contributed by atoms with Gasteiger partial charge in [-0.3, -0.25) is 9.69 Å². The SMILES string of the molecule is CCCC(c1nnnn1CC1CCCO1)N(Cc1cc2cc(C)cc(C)c2[nH]c1=O)C1CCCC1. The lowest BCUT2D eigenvalue weighted by Crippen LogP contribution is -2.39. The van der Waals surface area contributed by atoms with Gasteiger partial charge in [-0.1, -0.05) is 37.8 Å². The summed E-state index contributed by atoms with van der Waals surface area (Å²) in [5.41, 5.74) is 4.06. The Kier molecular flexibility index (Phi) is 7.29. The molecule has 188 valence electrons. The van der Waals surface area contributed by atoms with Gasteiger partial charge in [-0.2, -0.15) is 0 Å². The number of hydrogen-bond donors (Lipinski definition) is 1. The van der Waals surface area contributed by atoms with Crippen molar-refractivity contribution in [3.63, 3.8) is 0 Å². The maximum atomic E-state index is 13.2. The van der Waals surface area contributed by atoms with Crippen LogP contribution >= 0.6 is 0 Å². The molecule has 0 radical (unpaired) electrons. The number of fused-ring (bicyclic) bond motifs is 1. The smallest absolute Gasteiger partial charge is 0.252 e. The molecule has 8 nitrogen and oxygen atoms in total. The van der Waals surface area contributed by atoms with Crippen LogP contribution in [0, 0.1) is 13.8 Å². The Morgan fingerprint density at radius 1 is 1.17 bits per heavy atom. The first kappa shape index (κ1) is 24.1. The first-order chi connectivity index (χ1) is 17.0. The van der Waals surface area contributed by atoms with Gasteiger partial charge in [0.1, 0.15) is 0 Å². The molecular formula is C27H38N6O2. The van der Waals surface area contributed by atoms with Crippen molar-refractivity contribution in [2.45, 2.75) is 103 Å². The van der Waals surface area contributed by atoms with E-state index < -0.39 is 0 Å². The minimum Gasteiger partial charge on any atom is -0.376 e. The fraction of sp³-hybridized carbons (Fsp3) is 0.630. The number of aromatic amines is 1. The molecule has 8 heteroatoms. The number of nitrogens with one attached hydrogen (secondary N) is 1. The highest BCUT2D eigenvalue weighted by molar-refractivity contribution is 5.82. The molecular weight excluding hydrogens is 440 g/mol. The van der Waals surface area contributed by atoms with E-state index in [1.165, 1.54) is 18.4 Å². The minimum atomic E-state index is 0.00152. The standard InChI is InChI=1S/C27H38N6O2/c1-4-8-24(26-29-30-31-33(26)17-23-11-7-12-35-23)32(22-9-5-6-10-22)16-21-15-20-14-18(2)13-19(3)25(20)28-27(21)34/h13-15,22-24H,4-12,16-17H2,1-3H3,(H,28,34). The van der Waals surface area contributed by atoms with Gasteiger partial charge < -0.3 is 9.72 Å². The molecule has 1 aliphatic carbocycles. The summed E-state index contributed by atoms with van der Waals surface area (Å²) < 4.78 is 7.83. The van der Waals surface area contributed by atoms with Crippen molar-refractivity contribution in [1.82, 2.24) is 30.1 Å². The Bertz CT molecular complexity index is 1210. The summed E-state index contributed by atoms with van der Waals surface area (Å²) in [6, 6.07) is 6.86. The number of aromatic nitrogens is 5. The number of rotatable bonds is 9. The zero-order valence-corrected chi connectivity index (χ0v) is 21.3. The van der Waals surface area contributed by atoms with Crippen LogP contribution in [0.15, 0.2) is 23.0 Å². The number of pyridine rings is 1.